The fourth-order valence-corrected chi connectivity index (χ4v) is 10.2. The lowest BCUT2D eigenvalue weighted by Gasteiger charge is -2.58. The van der Waals surface area contributed by atoms with Crippen molar-refractivity contribution in [2.45, 2.75) is 135 Å². The van der Waals surface area contributed by atoms with Crippen LogP contribution in [-0.4, -0.2) is 70.2 Å². The number of carbonyl (C=O) groups is 3. The SMILES string of the molecule is C#C[C@@]1(O)CC[C@@H]2[C@@H]3CCC4=C/C(=N/OCC(=O)N[C@H](C(=O)N[C@H](CC(=O)O)[C@@H]5CCOC(C)(C)C5)C(C)C)CC[C@]4(C)[C@H]3CC[C@@]21C. The maximum Gasteiger partial charge on any atom is 0.305 e. The van der Waals surface area contributed by atoms with Crippen molar-refractivity contribution in [2.24, 2.45) is 45.6 Å². The van der Waals surface area contributed by atoms with E-state index in [9.17, 15) is 24.6 Å². The van der Waals surface area contributed by atoms with Gasteiger partial charge in [-0.15, -0.1) is 6.42 Å². The summed E-state index contributed by atoms with van der Waals surface area (Å²) in [5, 5.41) is 30.9. The van der Waals surface area contributed by atoms with E-state index in [1.54, 1.807) is 0 Å². The molecule has 266 valence electrons. The molecule has 0 radical (unpaired) electrons. The van der Waals surface area contributed by atoms with Gasteiger partial charge in [0.05, 0.1) is 17.7 Å². The summed E-state index contributed by atoms with van der Waals surface area (Å²) in [6.45, 7) is 12.4. The van der Waals surface area contributed by atoms with Gasteiger partial charge in [-0.3, -0.25) is 14.4 Å². The zero-order chi connectivity index (χ0) is 35.1. The molecule has 2 amide bonds. The number of oxime groups is 1. The van der Waals surface area contributed by atoms with Gasteiger partial charge in [-0.1, -0.05) is 44.3 Å². The zero-order valence-corrected chi connectivity index (χ0v) is 29.8. The molecule has 0 aromatic carbocycles. The van der Waals surface area contributed by atoms with Crippen LogP contribution in [0.2, 0.25) is 0 Å². The maximum atomic E-state index is 13.4. The van der Waals surface area contributed by atoms with Gasteiger partial charge in [0.15, 0.2) is 6.61 Å². The van der Waals surface area contributed by atoms with Crippen molar-refractivity contribution in [3.63, 3.8) is 0 Å². The smallest absolute Gasteiger partial charge is 0.305 e. The lowest BCUT2D eigenvalue weighted by molar-refractivity contribution is -0.140. The van der Waals surface area contributed by atoms with E-state index in [1.165, 1.54) is 5.57 Å². The Kier molecular flexibility index (Phi) is 10.4. The quantitative estimate of drug-likeness (QED) is 0.190. The first-order chi connectivity index (χ1) is 22.5. The molecule has 4 fully saturated rings. The molecule has 4 aliphatic carbocycles. The summed E-state index contributed by atoms with van der Waals surface area (Å²) in [4.78, 5) is 43.5. The second-order valence-corrected chi connectivity index (χ2v) is 16.7. The third-order valence-electron chi connectivity index (χ3n) is 13.0. The van der Waals surface area contributed by atoms with Gasteiger partial charge in [0.25, 0.3) is 5.91 Å². The standard InChI is InChI=1S/C38H57N3O7/c1-8-38(46)17-13-29-27-10-9-25-19-26(11-15-36(25,6)28(27)12-16-37(29,38)7)41-48-22-31(42)40-33(23(2)3)34(45)39-30(20-32(43)44)24-14-18-47-35(4,5)21-24/h1,19,23-24,27-30,33,46H,9-18,20-22H2,2-7H3,(H,39,45)(H,40,42)(H,43,44)/b41-26+/t24-,27-,28+,29-,30-,33+,36+,37+,38-/m1/s1. The fourth-order valence-electron chi connectivity index (χ4n) is 10.2. The van der Waals surface area contributed by atoms with Crippen LogP contribution in [0.1, 0.15) is 112 Å². The predicted octanol–water partition coefficient (Wildman–Crippen LogP) is 4.99. The highest BCUT2D eigenvalue weighted by Gasteiger charge is 2.63. The van der Waals surface area contributed by atoms with Gasteiger partial charge in [-0.2, -0.15) is 0 Å². The van der Waals surface area contributed by atoms with Gasteiger partial charge in [0, 0.05) is 18.1 Å². The van der Waals surface area contributed by atoms with Crippen molar-refractivity contribution < 1.29 is 34.2 Å². The number of nitrogens with zero attached hydrogens (tertiary/aromatic N) is 1. The number of hydrogen-bond donors (Lipinski definition) is 4. The van der Waals surface area contributed by atoms with Crippen LogP contribution in [0.15, 0.2) is 16.8 Å². The van der Waals surface area contributed by atoms with Crippen LogP contribution in [0.25, 0.3) is 0 Å². The average molecular weight is 668 g/mol. The third kappa shape index (κ3) is 7.05. The topological polar surface area (TPSA) is 147 Å². The lowest BCUT2D eigenvalue weighted by atomic mass is 9.46. The average Bonchev–Trinajstić information content (AvgIpc) is 3.29. The molecule has 5 aliphatic rings. The number of hydrogen-bond acceptors (Lipinski definition) is 7. The third-order valence-corrected chi connectivity index (χ3v) is 13.0. The first kappa shape index (κ1) is 36.4. The Morgan fingerprint density at radius 3 is 2.46 bits per heavy atom. The zero-order valence-electron chi connectivity index (χ0n) is 29.8. The second kappa shape index (κ2) is 13.8. The Morgan fingerprint density at radius 2 is 1.79 bits per heavy atom. The van der Waals surface area contributed by atoms with Gasteiger partial charge < -0.3 is 30.4 Å². The second-order valence-electron chi connectivity index (χ2n) is 16.7. The van der Waals surface area contributed by atoms with E-state index < -0.39 is 41.1 Å². The van der Waals surface area contributed by atoms with E-state index in [0.717, 1.165) is 50.7 Å². The van der Waals surface area contributed by atoms with Crippen molar-refractivity contribution in [2.75, 3.05) is 13.2 Å². The van der Waals surface area contributed by atoms with Gasteiger partial charge in [-0.05, 0) is 119 Å². The molecule has 0 bridgehead atoms. The fraction of sp³-hybridized carbons (Fsp3) is 0.789. The van der Waals surface area contributed by atoms with Crippen LogP contribution in [0.4, 0.5) is 0 Å². The molecule has 1 heterocycles. The number of terminal acetylenes is 1. The molecule has 10 nitrogen and oxygen atoms in total. The minimum absolute atomic E-state index is 0.0486. The summed E-state index contributed by atoms with van der Waals surface area (Å²) < 4.78 is 5.80. The van der Waals surface area contributed by atoms with E-state index in [0.29, 0.717) is 43.6 Å². The molecule has 0 spiro atoms. The van der Waals surface area contributed by atoms with E-state index >= 15 is 0 Å². The van der Waals surface area contributed by atoms with Gasteiger partial charge >= 0.3 is 5.97 Å². The number of ether oxygens (including phenoxy) is 1. The molecule has 9 atom stereocenters. The number of carboxylic acid groups (broad SMARTS) is 1. The number of aliphatic carboxylic acids is 1. The Balaban J connectivity index is 1.17. The Bertz CT molecular complexity index is 1370. The molecule has 0 unspecified atom stereocenters. The monoisotopic (exact) mass is 667 g/mol. The predicted molar refractivity (Wildman–Crippen MR) is 183 cm³/mol. The molecule has 10 heteroatoms. The molecule has 5 rings (SSSR count). The summed E-state index contributed by atoms with van der Waals surface area (Å²) in [6, 6.07) is -1.42. The highest BCUT2D eigenvalue weighted by Crippen LogP contribution is 2.67. The van der Waals surface area contributed by atoms with E-state index in [2.05, 4.69) is 41.6 Å². The number of amides is 2. The number of fused-ring (bicyclic) bond motifs is 5. The van der Waals surface area contributed by atoms with Crippen molar-refractivity contribution >= 4 is 23.5 Å². The number of carboxylic acids is 1. The van der Waals surface area contributed by atoms with Crippen molar-refractivity contribution in [3.05, 3.63) is 11.6 Å². The molecule has 0 aromatic rings. The van der Waals surface area contributed by atoms with E-state index in [4.69, 9.17) is 16.0 Å². The Hall–Kier alpha value is -2.90. The van der Waals surface area contributed by atoms with Crippen LogP contribution in [0.5, 0.6) is 0 Å². The Labute approximate surface area is 286 Å². The molecule has 1 aliphatic heterocycles. The number of rotatable bonds is 10. The molecule has 48 heavy (non-hydrogen) atoms. The number of aliphatic hydroxyl groups is 1. The first-order valence-corrected chi connectivity index (χ1v) is 18.1. The molecule has 1 saturated heterocycles. The number of nitrogens with one attached hydrogen (secondary N) is 2. The minimum Gasteiger partial charge on any atom is -0.481 e. The normalized spacial score (nSPS) is 37.6. The van der Waals surface area contributed by atoms with Crippen molar-refractivity contribution in [1.29, 1.82) is 0 Å². The van der Waals surface area contributed by atoms with E-state index in [1.807, 2.05) is 27.7 Å². The van der Waals surface area contributed by atoms with Gasteiger partial charge in [0.1, 0.15) is 11.6 Å². The van der Waals surface area contributed by atoms with Gasteiger partial charge in [0.2, 0.25) is 5.91 Å². The largest absolute Gasteiger partial charge is 0.481 e. The lowest BCUT2D eigenvalue weighted by Crippen LogP contribution is -2.55. The molecular formula is C38H57N3O7. The van der Waals surface area contributed by atoms with Crippen LogP contribution >= 0.6 is 0 Å². The Morgan fingerprint density at radius 1 is 1.06 bits per heavy atom. The molecular weight excluding hydrogens is 610 g/mol. The highest BCUT2D eigenvalue weighted by molar-refractivity contribution is 5.96. The van der Waals surface area contributed by atoms with Crippen LogP contribution in [0, 0.1) is 52.8 Å². The van der Waals surface area contributed by atoms with Crippen LogP contribution < -0.4 is 10.6 Å². The summed E-state index contributed by atoms with van der Waals surface area (Å²) in [5.41, 5.74) is 0.689. The number of carbonyl (C=O) groups excluding carboxylic acids is 2. The summed E-state index contributed by atoms with van der Waals surface area (Å²) >= 11 is 0. The van der Waals surface area contributed by atoms with Gasteiger partial charge in [-0.25, -0.2) is 0 Å². The minimum atomic E-state index is -1.00. The highest BCUT2D eigenvalue weighted by atomic mass is 16.6. The van der Waals surface area contributed by atoms with Crippen LogP contribution in [-0.2, 0) is 24.0 Å². The molecule has 0 aromatic heterocycles. The summed E-state index contributed by atoms with van der Waals surface area (Å²) in [5.74, 6) is 2.19. The van der Waals surface area contributed by atoms with Crippen molar-refractivity contribution in [3.8, 4) is 12.3 Å². The molecule has 3 saturated carbocycles. The molecule has 4 N–H and O–H groups in total. The summed E-state index contributed by atoms with van der Waals surface area (Å²) in [7, 11) is 0. The number of allylic oxidation sites excluding steroid dienone is 2. The summed E-state index contributed by atoms with van der Waals surface area (Å²) in [6.07, 6.45) is 16.6. The van der Waals surface area contributed by atoms with Crippen molar-refractivity contribution in [1.82, 2.24) is 10.6 Å². The van der Waals surface area contributed by atoms with Crippen LogP contribution in [0.3, 0.4) is 0 Å². The first-order valence-electron chi connectivity index (χ1n) is 18.1. The van der Waals surface area contributed by atoms with E-state index in [-0.39, 0.29) is 35.7 Å². The maximum absolute atomic E-state index is 13.4.